The minimum atomic E-state index is 0.0302. The molecule has 4 nitrogen and oxygen atoms in total. The van der Waals surface area contributed by atoms with E-state index in [9.17, 15) is 4.79 Å². The number of anilines is 1. The van der Waals surface area contributed by atoms with Crippen molar-refractivity contribution in [3.63, 3.8) is 0 Å². The van der Waals surface area contributed by atoms with Crippen LogP contribution >= 0.6 is 0 Å². The first-order valence-corrected chi connectivity index (χ1v) is 4.59. The predicted octanol–water partition coefficient (Wildman–Crippen LogP) is 1.66. The molecule has 2 aromatic rings. The molecule has 0 atom stereocenters. The Morgan fingerprint density at radius 2 is 2.20 bits per heavy atom. The average molecular weight is 201 g/mol. The summed E-state index contributed by atoms with van der Waals surface area (Å²) >= 11 is 0. The maximum atomic E-state index is 11.2. The van der Waals surface area contributed by atoms with Gasteiger partial charge in [0.15, 0.2) is 5.78 Å². The maximum Gasteiger partial charge on any atom is 0.159 e. The first kappa shape index (κ1) is 9.45. The van der Waals surface area contributed by atoms with Crippen LogP contribution in [0.5, 0.6) is 0 Å². The largest absolute Gasteiger partial charge is 0.384 e. The summed E-state index contributed by atoms with van der Waals surface area (Å²) in [7, 11) is 0. The Morgan fingerprint density at radius 1 is 1.40 bits per heavy atom. The minimum absolute atomic E-state index is 0.0302. The van der Waals surface area contributed by atoms with Crippen molar-refractivity contribution in [1.82, 2.24) is 9.78 Å². The highest BCUT2D eigenvalue weighted by Gasteiger charge is 2.04. The van der Waals surface area contributed by atoms with E-state index in [0.29, 0.717) is 11.4 Å². The number of carbonyl (C=O) groups excluding carboxylic acids is 1. The lowest BCUT2D eigenvalue weighted by Crippen LogP contribution is -2.02. The lowest BCUT2D eigenvalue weighted by molar-refractivity contribution is 0.101. The summed E-state index contributed by atoms with van der Waals surface area (Å²) in [6, 6.07) is 8.92. The second-order valence-electron chi connectivity index (χ2n) is 3.27. The van der Waals surface area contributed by atoms with E-state index in [4.69, 9.17) is 5.73 Å². The van der Waals surface area contributed by atoms with Crippen LogP contribution in [0.25, 0.3) is 5.69 Å². The zero-order valence-electron chi connectivity index (χ0n) is 8.34. The quantitative estimate of drug-likeness (QED) is 0.751. The highest BCUT2D eigenvalue weighted by molar-refractivity contribution is 5.94. The van der Waals surface area contributed by atoms with Gasteiger partial charge in [-0.05, 0) is 19.1 Å². The van der Waals surface area contributed by atoms with E-state index in [0.717, 1.165) is 5.69 Å². The van der Waals surface area contributed by atoms with E-state index in [-0.39, 0.29) is 5.78 Å². The second-order valence-corrected chi connectivity index (χ2v) is 3.27. The lowest BCUT2D eigenvalue weighted by Gasteiger charge is -2.04. The van der Waals surface area contributed by atoms with Crippen LogP contribution in [0.1, 0.15) is 17.3 Å². The zero-order chi connectivity index (χ0) is 10.8. The van der Waals surface area contributed by atoms with Gasteiger partial charge in [0.25, 0.3) is 0 Å². The summed E-state index contributed by atoms with van der Waals surface area (Å²) in [5.74, 6) is 0.582. The number of Topliss-reactive ketones (excluding diaryl/α,β-unsaturated/α-hetero) is 1. The molecule has 4 heteroatoms. The van der Waals surface area contributed by atoms with E-state index in [1.807, 2.05) is 12.1 Å². The van der Waals surface area contributed by atoms with Crippen LogP contribution in [0.4, 0.5) is 5.82 Å². The van der Waals surface area contributed by atoms with Gasteiger partial charge in [-0.3, -0.25) is 4.79 Å². The summed E-state index contributed by atoms with van der Waals surface area (Å²) < 4.78 is 1.59. The van der Waals surface area contributed by atoms with Crippen molar-refractivity contribution in [1.29, 1.82) is 0 Å². The molecule has 1 heterocycles. The van der Waals surface area contributed by atoms with Gasteiger partial charge in [-0.2, -0.15) is 5.10 Å². The molecule has 0 amide bonds. The lowest BCUT2D eigenvalue weighted by atomic mass is 10.1. The smallest absolute Gasteiger partial charge is 0.159 e. The molecule has 76 valence electrons. The van der Waals surface area contributed by atoms with Crippen molar-refractivity contribution in [2.75, 3.05) is 5.73 Å². The molecular formula is C11H11N3O. The fourth-order valence-electron chi connectivity index (χ4n) is 1.39. The third-order valence-electron chi connectivity index (χ3n) is 2.17. The van der Waals surface area contributed by atoms with E-state index < -0.39 is 0 Å². The molecule has 2 rings (SSSR count). The van der Waals surface area contributed by atoms with Gasteiger partial charge in [0.05, 0.1) is 11.9 Å². The average Bonchev–Trinajstić information content (AvgIpc) is 2.64. The molecule has 0 aliphatic heterocycles. The van der Waals surface area contributed by atoms with Crippen molar-refractivity contribution >= 4 is 11.6 Å². The molecule has 0 unspecified atom stereocenters. The van der Waals surface area contributed by atoms with Crippen LogP contribution in [-0.2, 0) is 0 Å². The molecule has 0 saturated carbocycles. The first-order valence-electron chi connectivity index (χ1n) is 4.59. The Hall–Kier alpha value is -2.10. The van der Waals surface area contributed by atoms with Gasteiger partial charge >= 0.3 is 0 Å². The van der Waals surface area contributed by atoms with Crippen LogP contribution < -0.4 is 5.73 Å². The minimum Gasteiger partial charge on any atom is -0.384 e. The molecule has 0 fully saturated rings. The third-order valence-corrected chi connectivity index (χ3v) is 2.17. The summed E-state index contributed by atoms with van der Waals surface area (Å²) in [6.45, 7) is 1.53. The molecule has 1 aromatic heterocycles. The van der Waals surface area contributed by atoms with Gasteiger partial charge in [-0.1, -0.05) is 12.1 Å². The molecule has 0 spiro atoms. The topological polar surface area (TPSA) is 60.9 Å². The Labute approximate surface area is 87.3 Å². The van der Waals surface area contributed by atoms with Crippen molar-refractivity contribution in [2.24, 2.45) is 0 Å². The molecule has 2 N–H and O–H groups in total. The number of hydrogen-bond donors (Lipinski definition) is 1. The molecule has 15 heavy (non-hydrogen) atoms. The van der Waals surface area contributed by atoms with Crippen molar-refractivity contribution in [3.8, 4) is 5.69 Å². The predicted molar refractivity (Wildman–Crippen MR) is 58.0 cm³/mol. The van der Waals surface area contributed by atoms with Crippen molar-refractivity contribution in [2.45, 2.75) is 6.92 Å². The van der Waals surface area contributed by atoms with Crippen LogP contribution in [0.15, 0.2) is 36.5 Å². The van der Waals surface area contributed by atoms with Gasteiger partial charge in [0, 0.05) is 11.6 Å². The number of benzene rings is 1. The molecular weight excluding hydrogens is 190 g/mol. The standard InChI is InChI=1S/C11H11N3O/c1-8(15)9-3-2-4-10(7-9)14-11(12)5-6-13-14/h2-7H,12H2,1H3. The normalized spacial score (nSPS) is 10.2. The monoisotopic (exact) mass is 201 g/mol. The number of nitrogen functional groups attached to an aromatic ring is 1. The van der Waals surface area contributed by atoms with E-state index in [1.54, 1.807) is 29.1 Å². The van der Waals surface area contributed by atoms with Crippen LogP contribution in [0.2, 0.25) is 0 Å². The van der Waals surface area contributed by atoms with Gasteiger partial charge in [0.1, 0.15) is 5.82 Å². The number of carbonyl (C=O) groups is 1. The highest BCUT2D eigenvalue weighted by atomic mass is 16.1. The maximum absolute atomic E-state index is 11.2. The number of hydrogen-bond acceptors (Lipinski definition) is 3. The molecule has 0 aliphatic carbocycles. The van der Waals surface area contributed by atoms with E-state index >= 15 is 0 Å². The molecule has 0 saturated heterocycles. The first-order chi connectivity index (χ1) is 7.18. The zero-order valence-corrected chi connectivity index (χ0v) is 8.34. The number of nitrogens with zero attached hydrogens (tertiary/aromatic N) is 2. The Bertz CT molecular complexity index is 502. The number of nitrogens with two attached hydrogens (primary N) is 1. The Morgan fingerprint density at radius 3 is 2.80 bits per heavy atom. The number of ketones is 1. The van der Waals surface area contributed by atoms with Gasteiger partial charge in [-0.25, -0.2) is 4.68 Å². The summed E-state index contributed by atoms with van der Waals surface area (Å²) in [5.41, 5.74) is 7.17. The van der Waals surface area contributed by atoms with Crippen molar-refractivity contribution < 1.29 is 4.79 Å². The molecule has 1 aromatic carbocycles. The third kappa shape index (κ3) is 1.74. The summed E-state index contributed by atoms with van der Waals surface area (Å²) in [5, 5.41) is 4.07. The van der Waals surface area contributed by atoms with Crippen molar-refractivity contribution in [3.05, 3.63) is 42.1 Å². The van der Waals surface area contributed by atoms with Crippen LogP contribution in [0, 0.1) is 0 Å². The van der Waals surface area contributed by atoms with Gasteiger partial charge in [-0.15, -0.1) is 0 Å². The summed E-state index contributed by atoms with van der Waals surface area (Å²) in [4.78, 5) is 11.2. The molecule has 0 aliphatic rings. The summed E-state index contributed by atoms with van der Waals surface area (Å²) in [6.07, 6.45) is 1.62. The van der Waals surface area contributed by atoms with E-state index in [1.165, 1.54) is 6.92 Å². The second kappa shape index (κ2) is 3.57. The highest BCUT2D eigenvalue weighted by Crippen LogP contribution is 2.13. The SMILES string of the molecule is CC(=O)c1cccc(-n2nccc2N)c1. The number of aromatic nitrogens is 2. The van der Waals surface area contributed by atoms with Gasteiger partial charge in [0.2, 0.25) is 0 Å². The van der Waals surface area contributed by atoms with E-state index in [2.05, 4.69) is 5.10 Å². The van der Waals surface area contributed by atoms with Crippen LogP contribution in [0.3, 0.4) is 0 Å². The number of rotatable bonds is 2. The van der Waals surface area contributed by atoms with Crippen LogP contribution in [-0.4, -0.2) is 15.6 Å². The Kier molecular flexibility index (Phi) is 2.25. The molecule has 0 bridgehead atoms. The fourth-order valence-corrected chi connectivity index (χ4v) is 1.39. The molecule has 0 radical (unpaired) electrons. The van der Waals surface area contributed by atoms with Gasteiger partial charge < -0.3 is 5.73 Å². The Balaban J connectivity index is 2.50. The fraction of sp³-hybridized carbons (Fsp3) is 0.0909.